The lowest BCUT2D eigenvalue weighted by Crippen LogP contribution is -2.49. The van der Waals surface area contributed by atoms with E-state index in [2.05, 4.69) is 27.2 Å². The van der Waals surface area contributed by atoms with E-state index in [-0.39, 0.29) is 18.2 Å². The van der Waals surface area contributed by atoms with Crippen LogP contribution in [0.4, 0.5) is 5.69 Å². The molecule has 2 amide bonds. The minimum Gasteiger partial charge on any atom is -0.379 e. The topological polar surface area (TPSA) is 65.1 Å². The van der Waals surface area contributed by atoms with E-state index in [4.69, 9.17) is 4.74 Å². The fraction of sp³-hybridized carbons (Fsp3) is 0.579. The van der Waals surface area contributed by atoms with E-state index >= 15 is 0 Å². The second-order valence-electron chi connectivity index (χ2n) is 6.68. The summed E-state index contributed by atoms with van der Waals surface area (Å²) in [7, 11) is 0. The Hall–Kier alpha value is -2.12. The summed E-state index contributed by atoms with van der Waals surface area (Å²) >= 11 is 0. The number of morpholine rings is 1. The van der Waals surface area contributed by atoms with Crippen molar-refractivity contribution in [2.45, 2.75) is 6.42 Å². The highest BCUT2D eigenvalue weighted by Crippen LogP contribution is 2.15. The lowest BCUT2D eigenvalue weighted by molar-refractivity contribution is -0.136. The molecule has 1 aromatic rings. The Balaban J connectivity index is 1.34. The molecule has 0 saturated carbocycles. The van der Waals surface area contributed by atoms with Crippen molar-refractivity contribution in [3.05, 3.63) is 30.3 Å². The average molecular weight is 360 g/mol. The lowest BCUT2D eigenvalue weighted by Gasteiger charge is -2.36. The van der Waals surface area contributed by atoms with Crippen LogP contribution in [0, 0.1) is 0 Å². The molecule has 0 aromatic heterocycles. The number of ether oxygens (including phenoxy) is 1. The van der Waals surface area contributed by atoms with Crippen LogP contribution in [0.3, 0.4) is 0 Å². The van der Waals surface area contributed by atoms with Crippen molar-refractivity contribution in [1.82, 2.24) is 15.1 Å². The van der Waals surface area contributed by atoms with E-state index < -0.39 is 0 Å². The fourth-order valence-electron chi connectivity index (χ4n) is 3.34. The second-order valence-corrected chi connectivity index (χ2v) is 6.68. The van der Waals surface area contributed by atoms with Gasteiger partial charge in [0.2, 0.25) is 11.8 Å². The van der Waals surface area contributed by atoms with Gasteiger partial charge in [-0.3, -0.25) is 14.5 Å². The zero-order valence-corrected chi connectivity index (χ0v) is 15.2. The molecule has 3 rings (SSSR count). The smallest absolute Gasteiger partial charge is 0.232 e. The highest BCUT2D eigenvalue weighted by Gasteiger charge is 2.22. The number of para-hydroxylation sites is 1. The highest BCUT2D eigenvalue weighted by molar-refractivity contribution is 5.96. The molecule has 2 heterocycles. The van der Waals surface area contributed by atoms with Gasteiger partial charge in [0.05, 0.1) is 13.2 Å². The molecule has 2 aliphatic heterocycles. The van der Waals surface area contributed by atoms with Crippen LogP contribution in [-0.2, 0) is 14.3 Å². The van der Waals surface area contributed by atoms with Gasteiger partial charge in [0, 0.05) is 58.0 Å². The van der Waals surface area contributed by atoms with Gasteiger partial charge in [0.15, 0.2) is 0 Å². The van der Waals surface area contributed by atoms with Gasteiger partial charge in [0.1, 0.15) is 6.42 Å². The predicted octanol–water partition coefficient (Wildman–Crippen LogP) is 0.174. The maximum absolute atomic E-state index is 12.3. The third kappa shape index (κ3) is 5.44. The van der Waals surface area contributed by atoms with Crippen LogP contribution in [0.15, 0.2) is 30.3 Å². The number of piperazine rings is 1. The van der Waals surface area contributed by atoms with Crippen LogP contribution in [0.5, 0.6) is 0 Å². The van der Waals surface area contributed by atoms with Gasteiger partial charge >= 0.3 is 0 Å². The van der Waals surface area contributed by atoms with E-state index in [1.807, 2.05) is 18.2 Å². The first-order valence-electron chi connectivity index (χ1n) is 9.37. The number of nitrogens with one attached hydrogen (secondary N) is 1. The fourth-order valence-corrected chi connectivity index (χ4v) is 3.34. The third-order valence-electron chi connectivity index (χ3n) is 4.92. The van der Waals surface area contributed by atoms with Crippen molar-refractivity contribution in [2.75, 3.05) is 70.5 Å². The lowest BCUT2D eigenvalue weighted by atomic mass is 10.2. The standard InChI is InChI=1S/C19H28N4O3/c24-18(20-6-7-21-12-14-26-15-13-21)16-19(25)23-10-8-22(9-11-23)17-4-2-1-3-5-17/h1-5H,6-16H2,(H,20,24). The number of carbonyl (C=O) groups excluding carboxylic acids is 2. The van der Waals surface area contributed by atoms with Crippen molar-refractivity contribution in [3.8, 4) is 0 Å². The van der Waals surface area contributed by atoms with Crippen LogP contribution in [0.1, 0.15) is 6.42 Å². The molecule has 26 heavy (non-hydrogen) atoms. The van der Waals surface area contributed by atoms with Crippen LogP contribution in [-0.4, -0.2) is 87.2 Å². The van der Waals surface area contributed by atoms with Gasteiger partial charge in [-0.25, -0.2) is 0 Å². The van der Waals surface area contributed by atoms with Gasteiger partial charge in [-0.15, -0.1) is 0 Å². The first kappa shape index (κ1) is 18.7. The number of hydrogen-bond donors (Lipinski definition) is 1. The molecule has 0 radical (unpaired) electrons. The summed E-state index contributed by atoms with van der Waals surface area (Å²) in [6, 6.07) is 10.2. The van der Waals surface area contributed by atoms with Gasteiger partial charge in [-0.05, 0) is 12.1 Å². The quantitative estimate of drug-likeness (QED) is 0.733. The first-order valence-corrected chi connectivity index (χ1v) is 9.37. The molecular formula is C19H28N4O3. The van der Waals surface area contributed by atoms with E-state index in [0.29, 0.717) is 19.6 Å². The molecule has 7 nitrogen and oxygen atoms in total. The van der Waals surface area contributed by atoms with Crippen molar-refractivity contribution in [3.63, 3.8) is 0 Å². The largest absolute Gasteiger partial charge is 0.379 e. The summed E-state index contributed by atoms with van der Waals surface area (Å²) in [4.78, 5) is 30.7. The van der Waals surface area contributed by atoms with Gasteiger partial charge < -0.3 is 19.9 Å². The van der Waals surface area contributed by atoms with E-state index in [1.165, 1.54) is 5.69 Å². The normalized spacial score (nSPS) is 18.6. The first-order chi connectivity index (χ1) is 12.7. The molecular weight excluding hydrogens is 332 g/mol. The highest BCUT2D eigenvalue weighted by atomic mass is 16.5. The molecule has 0 bridgehead atoms. The van der Waals surface area contributed by atoms with E-state index in [1.54, 1.807) is 4.90 Å². The second kappa shape index (κ2) is 9.54. The van der Waals surface area contributed by atoms with Crippen LogP contribution in [0.2, 0.25) is 0 Å². The molecule has 1 aromatic carbocycles. The number of amides is 2. The van der Waals surface area contributed by atoms with Crippen molar-refractivity contribution in [1.29, 1.82) is 0 Å². The minimum absolute atomic E-state index is 0.0611. The summed E-state index contributed by atoms with van der Waals surface area (Å²) in [5.74, 6) is -0.268. The van der Waals surface area contributed by atoms with Crippen LogP contribution >= 0.6 is 0 Å². The summed E-state index contributed by atoms with van der Waals surface area (Å²) in [6.07, 6.45) is -0.0611. The van der Waals surface area contributed by atoms with E-state index in [0.717, 1.165) is 45.9 Å². The molecule has 0 atom stereocenters. The van der Waals surface area contributed by atoms with Crippen molar-refractivity contribution < 1.29 is 14.3 Å². The summed E-state index contributed by atoms with van der Waals surface area (Å²) in [5.41, 5.74) is 1.18. The number of hydrogen-bond acceptors (Lipinski definition) is 5. The Morgan fingerprint density at radius 1 is 0.962 bits per heavy atom. The number of carbonyl (C=O) groups is 2. The Morgan fingerprint density at radius 3 is 2.35 bits per heavy atom. The summed E-state index contributed by atoms with van der Waals surface area (Å²) in [5, 5.41) is 2.86. The average Bonchev–Trinajstić information content (AvgIpc) is 2.69. The summed E-state index contributed by atoms with van der Waals surface area (Å²) < 4.78 is 5.30. The Kier molecular flexibility index (Phi) is 6.85. The third-order valence-corrected chi connectivity index (χ3v) is 4.92. The van der Waals surface area contributed by atoms with Gasteiger partial charge in [0.25, 0.3) is 0 Å². The molecule has 142 valence electrons. The number of nitrogens with zero attached hydrogens (tertiary/aromatic N) is 3. The molecule has 2 fully saturated rings. The Bertz CT molecular complexity index is 582. The number of rotatable bonds is 6. The molecule has 2 aliphatic rings. The van der Waals surface area contributed by atoms with Crippen LogP contribution in [0.25, 0.3) is 0 Å². The van der Waals surface area contributed by atoms with Gasteiger partial charge in [-0.2, -0.15) is 0 Å². The number of anilines is 1. The van der Waals surface area contributed by atoms with Crippen LogP contribution < -0.4 is 10.2 Å². The molecule has 7 heteroatoms. The minimum atomic E-state index is -0.186. The maximum atomic E-state index is 12.3. The molecule has 0 spiro atoms. The molecule has 0 aliphatic carbocycles. The molecule has 2 saturated heterocycles. The monoisotopic (exact) mass is 360 g/mol. The zero-order valence-electron chi connectivity index (χ0n) is 15.2. The SMILES string of the molecule is O=C(CC(=O)N1CCN(c2ccccc2)CC1)NCCN1CCOCC1. The zero-order chi connectivity index (χ0) is 18.2. The Morgan fingerprint density at radius 2 is 1.65 bits per heavy atom. The van der Waals surface area contributed by atoms with E-state index in [9.17, 15) is 9.59 Å². The number of benzene rings is 1. The Labute approximate surface area is 154 Å². The van der Waals surface area contributed by atoms with Crippen molar-refractivity contribution in [2.24, 2.45) is 0 Å². The molecule has 1 N–H and O–H groups in total. The maximum Gasteiger partial charge on any atom is 0.232 e. The van der Waals surface area contributed by atoms with Crippen molar-refractivity contribution >= 4 is 17.5 Å². The predicted molar refractivity (Wildman–Crippen MR) is 100 cm³/mol. The summed E-state index contributed by atoms with van der Waals surface area (Å²) in [6.45, 7) is 7.61. The van der Waals surface area contributed by atoms with Gasteiger partial charge in [-0.1, -0.05) is 18.2 Å². The molecule has 0 unspecified atom stereocenters.